The largest absolute Gasteiger partial charge is 0.462 e. The number of carbonyl (C=O) groups excluding carboxylic acids is 1. The van der Waals surface area contributed by atoms with Crippen LogP contribution in [-0.2, 0) is 9.53 Å². The standard InChI is InChI=1S/C16H32O3/c1-4-8-14(3)10-6-12-16(18)19-15(9-5-2)11-7-13-17/h14-15,17H,4-13H2,1-3H3. The van der Waals surface area contributed by atoms with Crippen molar-refractivity contribution in [1.29, 1.82) is 0 Å². The summed E-state index contributed by atoms with van der Waals surface area (Å²) in [6, 6.07) is 0. The maximum absolute atomic E-state index is 11.7. The van der Waals surface area contributed by atoms with Crippen molar-refractivity contribution in [2.75, 3.05) is 6.61 Å². The van der Waals surface area contributed by atoms with E-state index in [0.717, 1.165) is 32.1 Å². The van der Waals surface area contributed by atoms with Crippen LogP contribution in [0.3, 0.4) is 0 Å². The third-order valence-electron chi connectivity index (χ3n) is 3.45. The van der Waals surface area contributed by atoms with E-state index in [-0.39, 0.29) is 18.7 Å². The first kappa shape index (κ1) is 18.4. The molecule has 1 N–H and O–H groups in total. The zero-order chi connectivity index (χ0) is 14.5. The molecule has 3 nitrogen and oxygen atoms in total. The van der Waals surface area contributed by atoms with Crippen LogP contribution in [0.1, 0.15) is 78.6 Å². The molecule has 0 heterocycles. The maximum atomic E-state index is 11.7. The van der Waals surface area contributed by atoms with E-state index in [9.17, 15) is 4.79 Å². The smallest absolute Gasteiger partial charge is 0.306 e. The predicted octanol–water partition coefficient (Wildman–Crippen LogP) is 4.08. The lowest BCUT2D eigenvalue weighted by Crippen LogP contribution is -2.18. The summed E-state index contributed by atoms with van der Waals surface area (Å²) < 4.78 is 5.48. The van der Waals surface area contributed by atoms with E-state index >= 15 is 0 Å². The molecule has 0 aromatic carbocycles. The van der Waals surface area contributed by atoms with Gasteiger partial charge in [0.05, 0.1) is 0 Å². The Labute approximate surface area is 118 Å². The summed E-state index contributed by atoms with van der Waals surface area (Å²) in [5, 5.41) is 8.83. The highest BCUT2D eigenvalue weighted by atomic mass is 16.5. The molecule has 0 saturated carbocycles. The van der Waals surface area contributed by atoms with E-state index in [2.05, 4.69) is 20.8 Å². The first-order valence-corrected chi connectivity index (χ1v) is 7.94. The summed E-state index contributed by atoms with van der Waals surface area (Å²) in [4.78, 5) is 11.7. The van der Waals surface area contributed by atoms with E-state index < -0.39 is 0 Å². The van der Waals surface area contributed by atoms with Gasteiger partial charge in [0.2, 0.25) is 0 Å². The number of ether oxygens (including phenoxy) is 1. The Balaban J connectivity index is 3.79. The van der Waals surface area contributed by atoms with Crippen molar-refractivity contribution in [3.8, 4) is 0 Å². The number of hydrogen-bond donors (Lipinski definition) is 1. The maximum Gasteiger partial charge on any atom is 0.306 e. The SMILES string of the molecule is CCCC(C)CCCC(=O)OC(CCC)CCCO. The molecule has 0 aromatic rings. The summed E-state index contributed by atoms with van der Waals surface area (Å²) in [5.41, 5.74) is 0. The lowest BCUT2D eigenvalue weighted by Gasteiger charge is -2.17. The van der Waals surface area contributed by atoms with Gasteiger partial charge in [-0.2, -0.15) is 0 Å². The molecule has 0 aliphatic heterocycles. The van der Waals surface area contributed by atoms with E-state index in [0.29, 0.717) is 18.8 Å². The fourth-order valence-corrected chi connectivity index (χ4v) is 2.38. The van der Waals surface area contributed by atoms with Crippen LogP contribution in [0.15, 0.2) is 0 Å². The van der Waals surface area contributed by atoms with Gasteiger partial charge >= 0.3 is 5.97 Å². The van der Waals surface area contributed by atoms with Gasteiger partial charge in [-0.05, 0) is 31.6 Å². The minimum Gasteiger partial charge on any atom is -0.462 e. The van der Waals surface area contributed by atoms with Gasteiger partial charge < -0.3 is 9.84 Å². The Hall–Kier alpha value is -0.570. The molecule has 0 fully saturated rings. The van der Waals surface area contributed by atoms with Crippen LogP contribution in [-0.4, -0.2) is 23.8 Å². The summed E-state index contributed by atoms with van der Waals surface area (Å²) >= 11 is 0. The molecule has 2 atom stereocenters. The molecule has 2 unspecified atom stereocenters. The molecular weight excluding hydrogens is 240 g/mol. The van der Waals surface area contributed by atoms with Crippen molar-refractivity contribution in [3.63, 3.8) is 0 Å². The van der Waals surface area contributed by atoms with E-state index in [1.54, 1.807) is 0 Å². The summed E-state index contributed by atoms with van der Waals surface area (Å²) in [5.74, 6) is 0.638. The number of aliphatic hydroxyl groups is 1. The highest BCUT2D eigenvalue weighted by Crippen LogP contribution is 2.15. The van der Waals surface area contributed by atoms with Crippen molar-refractivity contribution in [2.45, 2.75) is 84.7 Å². The Bertz CT molecular complexity index is 216. The van der Waals surface area contributed by atoms with Gasteiger partial charge in [-0.15, -0.1) is 0 Å². The van der Waals surface area contributed by atoms with Gasteiger partial charge in [-0.1, -0.05) is 46.5 Å². The first-order chi connectivity index (χ1) is 9.13. The van der Waals surface area contributed by atoms with Crippen molar-refractivity contribution in [3.05, 3.63) is 0 Å². The summed E-state index contributed by atoms with van der Waals surface area (Å²) in [6.45, 7) is 6.70. The second-order valence-corrected chi connectivity index (χ2v) is 5.55. The first-order valence-electron chi connectivity index (χ1n) is 7.94. The fraction of sp³-hybridized carbons (Fsp3) is 0.938. The molecule has 19 heavy (non-hydrogen) atoms. The van der Waals surface area contributed by atoms with E-state index in [1.165, 1.54) is 12.8 Å². The topological polar surface area (TPSA) is 46.5 Å². The van der Waals surface area contributed by atoms with Crippen LogP contribution in [0, 0.1) is 5.92 Å². The van der Waals surface area contributed by atoms with Gasteiger partial charge in [-0.25, -0.2) is 0 Å². The van der Waals surface area contributed by atoms with Gasteiger partial charge in [0.25, 0.3) is 0 Å². The van der Waals surface area contributed by atoms with Crippen molar-refractivity contribution >= 4 is 5.97 Å². The molecule has 0 aliphatic carbocycles. The van der Waals surface area contributed by atoms with Crippen molar-refractivity contribution < 1.29 is 14.6 Å². The van der Waals surface area contributed by atoms with Crippen LogP contribution in [0.25, 0.3) is 0 Å². The molecule has 3 heteroatoms. The summed E-state index contributed by atoms with van der Waals surface area (Å²) in [6.07, 6.45) is 8.43. The second-order valence-electron chi connectivity index (χ2n) is 5.55. The Morgan fingerprint density at radius 2 is 1.74 bits per heavy atom. The third kappa shape index (κ3) is 11.0. The second kappa shape index (κ2) is 12.5. The monoisotopic (exact) mass is 272 g/mol. The molecule has 0 radical (unpaired) electrons. The van der Waals surface area contributed by atoms with E-state index in [1.807, 2.05) is 0 Å². The average Bonchev–Trinajstić information content (AvgIpc) is 2.36. The zero-order valence-electron chi connectivity index (χ0n) is 13.0. The lowest BCUT2D eigenvalue weighted by atomic mass is 9.99. The minimum atomic E-state index is -0.0694. The molecule has 0 aliphatic rings. The predicted molar refractivity (Wildman–Crippen MR) is 79.0 cm³/mol. The van der Waals surface area contributed by atoms with Crippen molar-refractivity contribution in [1.82, 2.24) is 0 Å². The summed E-state index contributed by atoms with van der Waals surface area (Å²) in [7, 11) is 0. The van der Waals surface area contributed by atoms with E-state index in [4.69, 9.17) is 9.84 Å². The Morgan fingerprint density at radius 3 is 2.32 bits per heavy atom. The molecule has 0 bridgehead atoms. The Kier molecular flexibility index (Phi) is 12.1. The van der Waals surface area contributed by atoms with Gasteiger partial charge in [0, 0.05) is 13.0 Å². The number of hydrogen-bond acceptors (Lipinski definition) is 3. The third-order valence-corrected chi connectivity index (χ3v) is 3.45. The van der Waals surface area contributed by atoms with Crippen LogP contribution < -0.4 is 0 Å². The highest BCUT2D eigenvalue weighted by Gasteiger charge is 2.13. The Morgan fingerprint density at radius 1 is 1.05 bits per heavy atom. The zero-order valence-corrected chi connectivity index (χ0v) is 13.0. The molecule has 0 rings (SSSR count). The van der Waals surface area contributed by atoms with Gasteiger partial charge in [0.15, 0.2) is 0 Å². The van der Waals surface area contributed by atoms with Crippen LogP contribution >= 0.6 is 0 Å². The molecule has 0 saturated heterocycles. The number of carbonyl (C=O) groups is 1. The number of aliphatic hydroxyl groups excluding tert-OH is 1. The minimum absolute atomic E-state index is 0.00212. The highest BCUT2D eigenvalue weighted by molar-refractivity contribution is 5.69. The van der Waals surface area contributed by atoms with Crippen LogP contribution in [0.5, 0.6) is 0 Å². The van der Waals surface area contributed by atoms with Crippen LogP contribution in [0.2, 0.25) is 0 Å². The molecular formula is C16H32O3. The molecule has 114 valence electrons. The number of rotatable bonds is 12. The van der Waals surface area contributed by atoms with Gasteiger partial charge in [0.1, 0.15) is 6.10 Å². The fourth-order valence-electron chi connectivity index (χ4n) is 2.38. The van der Waals surface area contributed by atoms with Crippen molar-refractivity contribution in [2.24, 2.45) is 5.92 Å². The molecule has 0 spiro atoms. The average molecular weight is 272 g/mol. The van der Waals surface area contributed by atoms with Crippen LogP contribution in [0.4, 0.5) is 0 Å². The molecule has 0 amide bonds. The normalized spacial score (nSPS) is 14.1. The quantitative estimate of drug-likeness (QED) is 0.545. The number of esters is 1. The molecule has 0 aromatic heterocycles. The van der Waals surface area contributed by atoms with Gasteiger partial charge in [-0.3, -0.25) is 4.79 Å². The lowest BCUT2D eigenvalue weighted by molar-refractivity contribution is -0.150.